The zero-order valence-corrected chi connectivity index (χ0v) is 16.1. The second kappa shape index (κ2) is 7.57. The molecule has 5 amide bonds. The number of urea groups is 2. The number of piperidine rings is 1. The highest BCUT2D eigenvalue weighted by Gasteiger charge is 2.48. The van der Waals surface area contributed by atoms with Crippen LogP contribution in [0.5, 0.6) is 0 Å². The lowest BCUT2D eigenvalue weighted by Crippen LogP contribution is -2.55. The molecule has 0 bridgehead atoms. The fourth-order valence-electron chi connectivity index (χ4n) is 3.88. The van der Waals surface area contributed by atoms with Crippen LogP contribution in [0.3, 0.4) is 0 Å². The second-order valence-corrected chi connectivity index (χ2v) is 7.54. The summed E-state index contributed by atoms with van der Waals surface area (Å²) in [6.07, 6.45) is 2.82. The summed E-state index contributed by atoms with van der Waals surface area (Å²) in [6, 6.07) is 8.91. The van der Waals surface area contributed by atoms with E-state index < -0.39 is 11.6 Å². The molecule has 2 aliphatic heterocycles. The van der Waals surface area contributed by atoms with Gasteiger partial charge in [-0.05, 0) is 37.8 Å². The monoisotopic (exact) mass is 397 g/mol. The SMILES string of the molecule is CC1(C2CCN(C(=O)NCc3coc(-c4ccccc4)n3)CC2)NC(=O)NC1=O. The van der Waals surface area contributed by atoms with E-state index in [0.717, 1.165) is 5.56 Å². The van der Waals surface area contributed by atoms with Crippen molar-refractivity contribution in [3.8, 4) is 11.5 Å². The molecule has 0 saturated carbocycles. The van der Waals surface area contributed by atoms with Crippen molar-refractivity contribution in [1.29, 1.82) is 0 Å². The molecule has 1 unspecified atom stereocenters. The van der Waals surface area contributed by atoms with Gasteiger partial charge in [-0.25, -0.2) is 14.6 Å². The van der Waals surface area contributed by atoms with Crippen molar-refractivity contribution in [3.05, 3.63) is 42.3 Å². The quantitative estimate of drug-likeness (QED) is 0.681. The first-order valence-electron chi connectivity index (χ1n) is 9.62. The summed E-state index contributed by atoms with van der Waals surface area (Å²) < 4.78 is 5.48. The normalized spacial score (nSPS) is 22.3. The molecule has 2 aromatic rings. The van der Waals surface area contributed by atoms with Gasteiger partial charge in [0.05, 0.1) is 12.2 Å². The van der Waals surface area contributed by atoms with Gasteiger partial charge in [-0.1, -0.05) is 18.2 Å². The van der Waals surface area contributed by atoms with E-state index in [1.807, 2.05) is 30.3 Å². The number of carbonyl (C=O) groups excluding carboxylic acids is 3. The van der Waals surface area contributed by atoms with Crippen molar-refractivity contribution in [2.24, 2.45) is 5.92 Å². The molecule has 1 atom stereocenters. The summed E-state index contributed by atoms with van der Waals surface area (Å²) in [5.41, 5.74) is 0.613. The number of hydrogen-bond acceptors (Lipinski definition) is 5. The van der Waals surface area contributed by atoms with Crippen molar-refractivity contribution < 1.29 is 18.8 Å². The minimum Gasteiger partial charge on any atom is -0.444 e. The van der Waals surface area contributed by atoms with Crippen LogP contribution in [-0.2, 0) is 11.3 Å². The molecule has 3 heterocycles. The van der Waals surface area contributed by atoms with Crippen LogP contribution in [0.2, 0.25) is 0 Å². The summed E-state index contributed by atoms with van der Waals surface area (Å²) >= 11 is 0. The highest BCUT2D eigenvalue weighted by Crippen LogP contribution is 2.30. The molecule has 0 radical (unpaired) electrons. The van der Waals surface area contributed by atoms with Crippen molar-refractivity contribution in [3.63, 3.8) is 0 Å². The summed E-state index contributed by atoms with van der Waals surface area (Å²) in [4.78, 5) is 42.1. The fourth-order valence-corrected chi connectivity index (χ4v) is 3.88. The van der Waals surface area contributed by atoms with Crippen LogP contribution in [0.1, 0.15) is 25.5 Å². The number of aromatic nitrogens is 1. The zero-order valence-electron chi connectivity index (χ0n) is 16.1. The summed E-state index contributed by atoms with van der Waals surface area (Å²) in [6.45, 7) is 3.04. The number of rotatable bonds is 4. The number of nitrogens with zero attached hydrogens (tertiary/aromatic N) is 2. The van der Waals surface area contributed by atoms with Gasteiger partial charge in [-0.3, -0.25) is 10.1 Å². The molecule has 2 aliphatic rings. The third-order valence-corrected chi connectivity index (χ3v) is 5.66. The number of oxazole rings is 1. The van der Waals surface area contributed by atoms with Gasteiger partial charge >= 0.3 is 12.1 Å². The van der Waals surface area contributed by atoms with E-state index >= 15 is 0 Å². The van der Waals surface area contributed by atoms with E-state index in [2.05, 4.69) is 20.9 Å². The van der Waals surface area contributed by atoms with Gasteiger partial charge in [0.2, 0.25) is 5.89 Å². The Hall–Kier alpha value is -3.36. The highest BCUT2D eigenvalue weighted by atomic mass is 16.3. The molecule has 1 aromatic carbocycles. The number of benzene rings is 1. The van der Waals surface area contributed by atoms with E-state index in [1.165, 1.54) is 6.26 Å². The summed E-state index contributed by atoms with van der Waals surface area (Å²) in [5, 5.41) is 7.87. The molecule has 9 heteroatoms. The van der Waals surface area contributed by atoms with Gasteiger partial charge < -0.3 is 20.0 Å². The molecule has 3 N–H and O–H groups in total. The average Bonchev–Trinajstić information content (AvgIpc) is 3.31. The molecular formula is C20H23N5O4. The van der Waals surface area contributed by atoms with Crippen LogP contribution in [0.25, 0.3) is 11.5 Å². The Bertz CT molecular complexity index is 920. The minimum atomic E-state index is -0.909. The Labute approximate surface area is 167 Å². The summed E-state index contributed by atoms with van der Waals surface area (Å²) in [5.74, 6) is 0.202. The smallest absolute Gasteiger partial charge is 0.322 e. The molecule has 2 fully saturated rings. The van der Waals surface area contributed by atoms with E-state index in [1.54, 1.807) is 11.8 Å². The minimum absolute atomic E-state index is 0.0121. The number of nitrogens with one attached hydrogen (secondary N) is 3. The number of carbonyl (C=O) groups is 3. The maximum atomic E-state index is 12.5. The van der Waals surface area contributed by atoms with Gasteiger partial charge in [0.15, 0.2) is 0 Å². The average molecular weight is 397 g/mol. The largest absolute Gasteiger partial charge is 0.444 e. The topological polar surface area (TPSA) is 117 Å². The van der Waals surface area contributed by atoms with Gasteiger partial charge in [0.1, 0.15) is 11.8 Å². The number of imide groups is 1. The lowest BCUT2D eigenvalue weighted by molar-refractivity contribution is -0.125. The third-order valence-electron chi connectivity index (χ3n) is 5.66. The van der Waals surface area contributed by atoms with E-state index in [0.29, 0.717) is 37.5 Å². The fraction of sp³-hybridized carbons (Fsp3) is 0.400. The molecule has 4 rings (SSSR count). The second-order valence-electron chi connectivity index (χ2n) is 7.54. The van der Waals surface area contributed by atoms with E-state index in [-0.39, 0.29) is 24.4 Å². The predicted octanol–water partition coefficient (Wildman–Crippen LogP) is 1.86. The Morgan fingerprint density at radius 1 is 1.28 bits per heavy atom. The van der Waals surface area contributed by atoms with E-state index in [9.17, 15) is 14.4 Å². The van der Waals surface area contributed by atoms with Gasteiger partial charge in [0, 0.05) is 18.7 Å². The third kappa shape index (κ3) is 3.80. The van der Waals surface area contributed by atoms with Crippen molar-refractivity contribution in [2.45, 2.75) is 31.8 Å². The molecule has 1 aromatic heterocycles. The standard InChI is InChI=1S/C20H23N5O4/c1-20(17(26)23-18(27)24-20)14-7-9-25(10-8-14)19(28)21-11-15-12-29-16(22-15)13-5-3-2-4-6-13/h2-6,12,14H,7-11H2,1H3,(H,21,28)(H2,23,24,26,27). The zero-order chi connectivity index (χ0) is 20.4. The molecular weight excluding hydrogens is 374 g/mol. The number of likely N-dealkylation sites (tertiary alicyclic amines) is 1. The number of amides is 5. The molecule has 29 heavy (non-hydrogen) atoms. The first kappa shape index (κ1) is 19.0. The van der Waals surface area contributed by atoms with Gasteiger partial charge in [0.25, 0.3) is 5.91 Å². The highest BCUT2D eigenvalue weighted by molar-refractivity contribution is 6.07. The molecule has 9 nitrogen and oxygen atoms in total. The summed E-state index contributed by atoms with van der Waals surface area (Å²) in [7, 11) is 0. The van der Waals surface area contributed by atoms with Crippen molar-refractivity contribution >= 4 is 18.0 Å². The van der Waals surface area contributed by atoms with Crippen LogP contribution >= 0.6 is 0 Å². The van der Waals surface area contributed by atoms with Crippen LogP contribution < -0.4 is 16.0 Å². The van der Waals surface area contributed by atoms with Gasteiger partial charge in [-0.15, -0.1) is 0 Å². The van der Waals surface area contributed by atoms with E-state index in [4.69, 9.17) is 4.42 Å². The Kier molecular flexibility index (Phi) is 4.96. The first-order valence-corrected chi connectivity index (χ1v) is 9.62. The molecule has 2 saturated heterocycles. The maximum absolute atomic E-state index is 12.5. The van der Waals surface area contributed by atoms with Gasteiger partial charge in [-0.2, -0.15) is 0 Å². The predicted molar refractivity (Wildman–Crippen MR) is 104 cm³/mol. The number of hydrogen-bond donors (Lipinski definition) is 3. The van der Waals surface area contributed by atoms with Crippen LogP contribution in [0.4, 0.5) is 9.59 Å². The maximum Gasteiger partial charge on any atom is 0.322 e. The molecule has 152 valence electrons. The Morgan fingerprint density at radius 2 is 2.00 bits per heavy atom. The molecule has 0 aliphatic carbocycles. The Morgan fingerprint density at radius 3 is 2.66 bits per heavy atom. The Balaban J connectivity index is 1.28. The first-order chi connectivity index (χ1) is 14.0. The lowest BCUT2D eigenvalue weighted by Gasteiger charge is -2.38. The van der Waals surface area contributed by atoms with Crippen LogP contribution in [-0.4, -0.2) is 46.5 Å². The lowest BCUT2D eigenvalue weighted by atomic mass is 9.79. The van der Waals surface area contributed by atoms with Crippen molar-refractivity contribution in [2.75, 3.05) is 13.1 Å². The van der Waals surface area contributed by atoms with Crippen LogP contribution in [0.15, 0.2) is 41.0 Å². The van der Waals surface area contributed by atoms with Crippen LogP contribution in [0, 0.1) is 5.92 Å². The van der Waals surface area contributed by atoms with Crippen molar-refractivity contribution in [1.82, 2.24) is 25.8 Å². The molecule has 0 spiro atoms.